The summed E-state index contributed by atoms with van der Waals surface area (Å²) in [7, 11) is 4.53. The number of carbonyl (C=O) groups excluding carboxylic acids is 3. The third kappa shape index (κ3) is 4.67. The molecule has 0 saturated carbocycles. The number of likely N-dealkylation sites (N-methyl/N-ethyl adjacent to an activating group) is 1. The third-order valence-corrected chi connectivity index (χ3v) is 5.66. The Hall–Kier alpha value is -4.05. The lowest BCUT2D eigenvalue weighted by atomic mass is 10.1. The second-order valence-electron chi connectivity index (χ2n) is 7.87. The third-order valence-electron chi connectivity index (χ3n) is 5.66. The SMILES string of the molecule is COC(=O)c1ccc(C(=O)OC)c(NC(=O)c2nc3ccccc3nc2N2CCN(C)CC2)c1. The van der Waals surface area contributed by atoms with Crippen molar-refractivity contribution in [3.63, 3.8) is 0 Å². The van der Waals surface area contributed by atoms with E-state index in [0.717, 1.165) is 13.1 Å². The van der Waals surface area contributed by atoms with Gasteiger partial charge >= 0.3 is 11.9 Å². The van der Waals surface area contributed by atoms with E-state index in [-0.39, 0.29) is 22.5 Å². The maximum absolute atomic E-state index is 13.5. The number of aromatic nitrogens is 2. The minimum absolute atomic E-state index is 0.0957. The van der Waals surface area contributed by atoms with Gasteiger partial charge in [0.15, 0.2) is 11.5 Å². The topological polar surface area (TPSA) is 114 Å². The first-order valence-electron chi connectivity index (χ1n) is 10.7. The van der Waals surface area contributed by atoms with Crippen molar-refractivity contribution in [2.45, 2.75) is 0 Å². The lowest BCUT2D eigenvalue weighted by Gasteiger charge is -2.33. The van der Waals surface area contributed by atoms with Crippen LogP contribution in [0.4, 0.5) is 11.5 Å². The maximum Gasteiger partial charge on any atom is 0.339 e. The Morgan fingerprint density at radius 1 is 0.882 bits per heavy atom. The van der Waals surface area contributed by atoms with Crippen molar-refractivity contribution in [3.05, 3.63) is 59.3 Å². The molecule has 0 unspecified atom stereocenters. The lowest BCUT2D eigenvalue weighted by molar-refractivity contribution is 0.0587. The summed E-state index contributed by atoms with van der Waals surface area (Å²) >= 11 is 0. The van der Waals surface area contributed by atoms with Crippen LogP contribution in [0.25, 0.3) is 11.0 Å². The largest absolute Gasteiger partial charge is 0.465 e. The number of fused-ring (bicyclic) bond motifs is 1. The van der Waals surface area contributed by atoms with Crippen LogP contribution in [-0.4, -0.2) is 80.2 Å². The first-order valence-corrected chi connectivity index (χ1v) is 10.7. The predicted octanol–water partition coefficient (Wildman–Crippen LogP) is 2.21. The van der Waals surface area contributed by atoms with Gasteiger partial charge in [-0.15, -0.1) is 0 Å². The van der Waals surface area contributed by atoms with E-state index in [1.807, 2.05) is 30.1 Å². The highest BCUT2D eigenvalue weighted by atomic mass is 16.5. The summed E-state index contributed by atoms with van der Waals surface area (Å²) < 4.78 is 9.59. The van der Waals surface area contributed by atoms with Gasteiger partial charge in [-0.05, 0) is 37.4 Å². The summed E-state index contributed by atoms with van der Waals surface area (Å²) in [6.45, 7) is 3.02. The first kappa shape index (κ1) is 23.1. The van der Waals surface area contributed by atoms with E-state index in [2.05, 4.69) is 15.2 Å². The van der Waals surface area contributed by atoms with Crippen LogP contribution in [0.3, 0.4) is 0 Å². The molecule has 34 heavy (non-hydrogen) atoms. The molecule has 1 N–H and O–H groups in total. The second-order valence-corrected chi connectivity index (χ2v) is 7.87. The molecule has 1 fully saturated rings. The van der Waals surface area contributed by atoms with Crippen LogP contribution >= 0.6 is 0 Å². The Balaban J connectivity index is 1.76. The Labute approximate surface area is 196 Å². The van der Waals surface area contributed by atoms with E-state index in [1.165, 1.54) is 32.4 Å². The van der Waals surface area contributed by atoms with Crippen molar-refractivity contribution >= 4 is 40.4 Å². The summed E-state index contributed by atoms with van der Waals surface area (Å²) in [5.74, 6) is -1.35. The van der Waals surface area contributed by atoms with Crippen molar-refractivity contribution < 1.29 is 23.9 Å². The van der Waals surface area contributed by atoms with E-state index in [1.54, 1.807) is 6.07 Å². The molecular weight excluding hydrogens is 438 g/mol. The monoisotopic (exact) mass is 463 g/mol. The first-order chi connectivity index (χ1) is 16.4. The molecule has 0 bridgehead atoms. The van der Waals surface area contributed by atoms with Gasteiger partial charge in [-0.25, -0.2) is 19.6 Å². The molecule has 1 aliphatic heterocycles. The number of esters is 2. The number of nitrogens with zero attached hydrogens (tertiary/aromatic N) is 4. The van der Waals surface area contributed by atoms with Gasteiger partial charge in [-0.3, -0.25) is 4.79 Å². The van der Waals surface area contributed by atoms with Gasteiger partial charge in [0.05, 0.1) is 42.1 Å². The Bertz CT molecular complexity index is 1250. The van der Waals surface area contributed by atoms with E-state index in [4.69, 9.17) is 14.5 Å². The molecule has 1 aromatic heterocycles. The zero-order chi connectivity index (χ0) is 24.2. The van der Waals surface area contributed by atoms with E-state index >= 15 is 0 Å². The molecule has 3 aromatic rings. The van der Waals surface area contributed by atoms with Gasteiger partial charge in [0.25, 0.3) is 5.91 Å². The number of hydrogen-bond donors (Lipinski definition) is 1. The molecule has 0 atom stereocenters. The van der Waals surface area contributed by atoms with Crippen LogP contribution in [0.5, 0.6) is 0 Å². The molecule has 10 heteroatoms. The minimum Gasteiger partial charge on any atom is -0.465 e. The molecular formula is C24H25N5O5. The van der Waals surface area contributed by atoms with Crippen LogP contribution in [0, 0.1) is 0 Å². The molecule has 1 saturated heterocycles. The van der Waals surface area contributed by atoms with Crippen LogP contribution < -0.4 is 10.2 Å². The number of ether oxygens (including phenoxy) is 2. The van der Waals surface area contributed by atoms with Gasteiger partial charge in [0, 0.05) is 26.2 Å². The standard InChI is InChI=1S/C24H25N5O5/c1-28-10-12-29(13-11-28)21-20(25-17-6-4-5-7-18(17)26-21)22(30)27-19-14-15(23(31)33-2)8-9-16(19)24(32)34-3/h4-9,14H,10-13H2,1-3H3,(H,27,30). The minimum atomic E-state index is -0.657. The number of hydrogen-bond acceptors (Lipinski definition) is 9. The number of benzene rings is 2. The number of methoxy groups -OCH3 is 2. The summed E-state index contributed by atoms with van der Waals surface area (Å²) in [5, 5.41) is 2.73. The molecule has 1 aliphatic rings. The second kappa shape index (κ2) is 9.84. The molecule has 0 radical (unpaired) electrons. The summed E-state index contributed by atoms with van der Waals surface area (Å²) in [6, 6.07) is 11.5. The quantitative estimate of drug-likeness (QED) is 0.569. The van der Waals surface area contributed by atoms with E-state index in [0.29, 0.717) is 29.9 Å². The maximum atomic E-state index is 13.5. The molecule has 0 spiro atoms. The fourth-order valence-corrected chi connectivity index (χ4v) is 3.74. The number of piperazine rings is 1. The summed E-state index contributed by atoms with van der Waals surface area (Å²) in [5.41, 5.74) is 1.76. The molecule has 0 aliphatic carbocycles. The predicted molar refractivity (Wildman–Crippen MR) is 126 cm³/mol. The summed E-state index contributed by atoms with van der Waals surface area (Å²) in [6.07, 6.45) is 0. The average Bonchev–Trinajstić information content (AvgIpc) is 2.87. The Morgan fingerprint density at radius 3 is 2.18 bits per heavy atom. The van der Waals surface area contributed by atoms with Crippen LogP contribution in [-0.2, 0) is 9.47 Å². The Morgan fingerprint density at radius 2 is 1.53 bits per heavy atom. The van der Waals surface area contributed by atoms with Crippen molar-refractivity contribution in [3.8, 4) is 0 Å². The zero-order valence-electron chi connectivity index (χ0n) is 19.2. The van der Waals surface area contributed by atoms with Gasteiger partial charge < -0.3 is 24.6 Å². The molecule has 1 amide bonds. The smallest absolute Gasteiger partial charge is 0.339 e. The summed E-state index contributed by atoms with van der Waals surface area (Å²) in [4.78, 5) is 51.4. The fraction of sp³-hybridized carbons (Fsp3) is 0.292. The highest BCUT2D eigenvalue weighted by Gasteiger charge is 2.25. The number of nitrogens with one attached hydrogen (secondary N) is 1. The van der Waals surface area contributed by atoms with Gasteiger partial charge in [-0.1, -0.05) is 12.1 Å². The fourth-order valence-electron chi connectivity index (χ4n) is 3.74. The Kier molecular flexibility index (Phi) is 6.69. The number of carbonyl (C=O) groups is 3. The molecule has 4 rings (SSSR count). The highest BCUT2D eigenvalue weighted by Crippen LogP contribution is 2.25. The van der Waals surface area contributed by atoms with Crippen molar-refractivity contribution in [2.75, 3.05) is 57.7 Å². The molecule has 176 valence electrons. The van der Waals surface area contributed by atoms with E-state index < -0.39 is 17.8 Å². The average molecular weight is 463 g/mol. The van der Waals surface area contributed by atoms with Gasteiger partial charge in [0.2, 0.25) is 0 Å². The number of para-hydroxylation sites is 2. The van der Waals surface area contributed by atoms with E-state index in [9.17, 15) is 14.4 Å². The normalized spacial score (nSPS) is 14.0. The van der Waals surface area contributed by atoms with Crippen LogP contribution in [0.15, 0.2) is 42.5 Å². The molecule has 2 heterocycles. The van der Waals surface area contributed by atoms with Gasteiger partial charge in [-0.2, -0.15) is 0 Å². The van der Waals surface area contributed by atoms with Crippen molar-refractivity contribution in [2.24, 2.45) is 0 Å². The number of rotatable bonds is 5. The van der Waals surface area contributed by atoms with Crippen molar-refractivity contribution in [1.29, 1.82) is 0 Å². The van der Waals surface area contributed by atoms with Crippen LogP contribution in [0.2, 0.25) is 0 Å². The van der Waals surface area contributed by atoms with Gasteiger partial charge in [0.1, 0.15) is 0 Å². The highest BCUT2D eigenvalue weighted by molar-refractivity contribution is 6.10. The number of anilines is 2. The zero-order valence-corrected chi connectivity index (χ0v) is 19.2. The molecule has 2 aromatic carbocycles. The lowest BCUT2D eigenvalue weighted by Crippen LogP contribution is -2.45. The van der Waals surface area contributed by atoms with Crippen LogP contribution in [0.1, 0.15) is 31.2 Å². The molecule has 10 nitrogen and oxygen atoms in total. The van der Waals surface area contributed by atoms with Crippen molar-refractivity contribution in [1.82, 2.24) is 14.9 Å². The number of amides is 1.